The molecule has 0 amide bonds. The molecule has 2 rings (SSSR count). The van der Waals surface area contributed by atoms with Crippen LogP contribution in [0.5, 0.6) is 5.75 Å². The summed E-state index contributed by atoms with van der Waals surface area (Å²) in [6.45, 7) is 0. The zero-order valence-corrected chi connectivity index (χ0v) is 9.22. The number of methoxy groups -OCH3 is 1. The molecule has 0 aliphatic carbocycles. The van der Waals surface area contributed by atoms with Crippen molar-refractivity contribution in [3.63, 3.8) is 0 Å². The summed E-state index contributed by atoms with van der Waals surface area (Å²) in [5, 5.41) is 19.6. The summed E-state index contributed by atoms with van der Waals surface area (Å²) in [7, 11) is 1.41. The van der Waals surface area contributed by atoms with Crippen molar-refractivity contribution >= 4 is 0 Å². The van der Waals surface area contributed by atoms with E-state index in [1.807, 2.05) is 0 Å². The normalized spacial score (nSPS) is 12.4. The highest BCUT2D eigenvalue weighted by Gasteiger charge is 2.12. The van der Waals surface area contributed by atoms with Gasteiger partial charge in [-0.3, -0.25) is 0 Å². The van der Waals surface area contributed by atoms with Crippen LogP contribution < -0.4 is 4.74 Å². The molecule has 1 unspecified atom stereocenters. The van der Waals surface area contributed by atoms with Gasteiger partial charge in [0.2, 0.25) is 0 Å². The van der Waals surface area contributed by atoms with Crippen molar-refractivity contribution in [1.82, 2.24) is 15.4 Å². The van der Waals surface area contributed by atoms with E-state index in [0.717, 1.165) is 0 Å². The quantitative estimate of drug-likeness (QED) is 0.839. The predicted molar refractivity (Wildman–Crippen MR) is 58.0 cm³/mol. The summed E-state index contributed by atoms with van der Waals surface area (Å²) >= 11 is 0. The van der Waals surface area contributed by atoms with Gasteiger partial charge in [-0.05, 0) is 17.7 Å². The molecule has 2 N–H and O–H groups in total. The van der Waals surface area contributed by atoms with Crippen molar-refractivity contribution < 1.29 is 14.2 Å². The number of aromatic nitrogens is 3. The fourth-order valence-corrected chi connectivity index (χ4v) is 1.54. The summed E-state index contributed by atoms with van der Waals surface area (Å²) in [5.41, 5.74) is 1.10. The maximum absolute atomic E-state index is 13.4. The molecule has 90 valence electrons. The van der Waals surface area contributed by atoms with Gasteiger partial charge < -0.3 is 9.84 Å². The Balaban J connectivity index is 2.11. The number of rotatable bonds is 4. The molecule has 1 heterocycles. The summed E-state index contributed by atoms with van der Waals surface area (Å²) in [5.74, 6) is -0.262. The van der Waals surface area contributed by atoms with Gasteiger partial charge in [-0.25, -0.2) is 4.39 Å². The maximum atomic E-state index is 13.4. The molecule has 6 heteroatoms. The van der Waals surface area contributed by atoms with E-state index >= 15 is 0 Å². The second-order valence-electron chi connectivity index (χ2n) is 3.58. The molecule has 0 fully saturated rings. The van der Waals surface area contributed by atoms with Crippen LogP contribution >= 0.6 is 0 Å². The van der Waals surface area contributed by atoms with Gasteiger partial charge in [-0.1, -0.05) is 6.07 Å². The van der Waals surface area contributed by atoms with Crippen LogP contribution in [0.15, 0.2) is 24.4 Å². The van der Waals surface area contributed by atoms with Gasteiger partial charge in [-0.15, -0.1) is 0 Å². The Labute approximate surface area is 97.2 Å². The van der Waals surface area contributed by atoms with Gasteiger partial charge >= 0.3 is 0 Å². The molecule has 0 aliphatic heterocycles. The fourth-order valence-electron chi connectivity index (χ4n) is 1.54. The predicted octanol–water partition coefficient (Wildman–Crippen LogP) is 1.23. The first-order valence-corrected chi connectivity index (χ1v) is 5.07. The number of halogens is 1. The SMILES string of the molecule is COc1ccc(CC(O)c2cn[nH]n2)cc1F. The third kappa shape index (κ3) is 2.59. The van der Waals surface area contributed by atoms with Crippen LogP contribution in [0.25, 0.3) is 0 Å². The number of aliphatic hydroxyl groups excluding tert-OH is 1. The zero-order chi connectivity index (χ0) is 12.3. The number of benzene rings is 1. The van der Waals surface area contributed by atoms with E-state index in [-0.39, 0.29) is 12.2 Å². The average Bonchev–Trinajstić information content (AvgIpc) is 2.82. The lowest BCUT2D eigenvalue weighted by Gasteiger charge is -2.08. The van der Waals surface area contributed by atoms with Crippen molar-refractivity contribution in [1.29, 1.82) is 0 Å². The number of ether oxygens (including phenoxy) is 1. The zero-order valence-electron chi connectivity index (χ0n) is 9.22. The molecule has 0 radical (unpaired) electrons. The van der Waals surface area contributed by atoms with Crippen LogP contribution in [0.4, 0.5) is 4.39 Å². The molecule has 0 saturated heterocycles. The number of nitrogens with one attached hydrogen (secondary N) is 1. The average molecular weight is 237 g/mol. The number of hydrogen-bond acceptors (Lipinski definition) is 4. The Kier molecular flexibility index (Phi) is 3.34. The summed E-state index contributed by atoms with van der Waals surface area (Å²) in [4.78, 5) is 0. The second-order valence-corrected chi connectivity index (χ2v) is 3.58. The lowest BCUT2D eigenvalue weighted by molar-refractivity contribution is 0.173. The fraction of sp³-hybridized carbons (Fsp3) is 0.273. The second kappa shape index (κ2) is 4.92. The Morgan fingerprint density at radius 2 is 2.35 bits per heavy atom. The monoisotopic (exact) mass is 237 g/mol. The van der Waals surface area contributed by atoms with E-state index in [9.17, 15) is 9.50 Å². The summed E-state index contributed by atoms with van der Waals surface area (Å²) < 4.78 is 18.2. The van der Waals surface area contributed by atoms with Gasteiger partial charge in [0.15, 0.2) is 11.6 Å². The molecule has 0 saturated carbocycles. The van der Waals surface area contributed by atoms with E-state index in [0.29, 0.717) is 11.3 Å². The number of aliphatic hydroxyl groups is 1. The van der Waals surface area contributed by atoms with E-state index < -0.39 is 11.9 Å². The highest BCUT2D eigenvalue weighted by Crippen LogP contribution is 2.21. The molecule has 1 atom stereocenters. The minimum Gasteiger partial charge on any atom is -0.494 e. The first kappa shape index (κ1) is 11.5. The summed E-state index contributed by atoms with van der Waals surface area (Å²) in [6, 6.07) is 4.56. The molecule has 0 bridgehead atoms. The van der Waals surface area contributed by atoms with Crippen molar-refractivity contribution in [2.45, 2.75) is 12.5 Å². The number of H-pyrrole nitrogens is 1. The van der Waals surface area contributed by atoms with Crippen molar-refractivity contribution in [2.75, 3.05) is 7.11 Å². The van der Waals surface area contributed by atoms with Crippen molar-refractivity contribution in [3.8, 4) is 5.75 Å². The molecule has 1 aromatic carbocycles. The topological polar surface area (TPSA) is 71.0 Å². The van der Waals surface area contributed by atoms with Gasteiger partial charge in [0.25, 0.3) is 0 Å². The number of nitrogens with zero attached hydrogens (tertiary/aromatic N) is 2. The van der Waals surface area contributed by atoms with E-state index in [1.165, 1.54) is 25.4 Å². The Hall–Kier alpha value is -1.95. The first-order chi connectivity index (χ1) is 8.20. The highest BCUT2D eigenvalue weighted by atomic mass is 19.1. The molecule has 5 nitrogen and oxygen atoms in total. The number of aromatic amines is 1. The highest BCUT2D eigenvalue weighted by molar-refractivity contribution is 5.29. The maximum Gasteiger partial charge on any atom is 0.165 e. The van der Waals surface area contributed by atoms with Gasteiger partial charge in [-0.2, -0.15) is 15.4 Å². The van der Waals surface area contributed by atoms with Crippen LogP contribution in [0.3, 0.4) is 0 Å². The van der Waals surface area contributed by atoms with Crippen LogP contribution in [0.2, 0.25) is 0 Å². The molecule has 1 aromatic heterocycles. The molecule has 0 aliphatic rings. The van der Waals surface area contributed by atoms with Crippen molar-refractivity contribution in [2.24, 2.45) is 0 Å². The van der Waals surface area contributed by atoms with Gasteiger partial charge in [0.05, 0.1) is 13.3 Å². The lowest BCUT2D eigenvalue weighted by Crippen LogP contribution is -2.03. The third-order valence-electron chi connectivity index (χ3n) is 2.42. The first-order valence-electron chi connectivity index (χ1n) is 5.07. The summed E-state index contributed by atoms with van der Waals surface area (Å²) in [6.07, 6.45) is 0.902. The van der Waals surface area contributed by atoms with Crippen LogP contribution in [-0.2, 0) is 6.42 Å². The molecule has 0 spiro atoms. The van der Waals surface area contributed by atoms with Crippen LogP contribution in [0, 0.1) is 5.82 Å². The lowest BCUT2D eigenvalue weighted by atomic mass is 10.1. The van der Waals surface area contributed by atoms with E-state index in [4.69, 9.17) is 4.74 Å². The Morgan fingerprint density at radius 3 is 2.94 bits per heavy atom. The smallest absolute Gasteiger partial charge is 0.165 e. The molecule has 17 heavy (non-hydrogen) atoms. The largest absolute Gasteiger partial charge is 0.494 e. The minimum atomic E-state index is -0.804. The molecular formula is C11H12FN3O2. The molecule has 2 aromatic rings. The van der Waals surface area contributed by atoms with Gasteiger partial charge in [0, 0.05) is 6.42 Å². The van der Waals surface area contributed by atoms with E-state index in [1.54, 1.807) is 6.07 Å². The van der Waals surface area contributed by atoms with Crippen LogP contribution in [0.1, 0.15) is 17.4 Å². The minimum absolute atomic E-state index is 0.185. The van der Waals surface area contributed by atoms with E-state index in [2.05, 4.69) is 15.4 Å². The van der Waals surface area contributed by atoms with Crippen LogP contribution in [-0.4, -0.2) is 27.6 Å². The Morgan fingerprint density at radius 1 is 1.53 bits per heavy atom. The third-order valence-corrected chi connectivity index (χ3v) is 2.42. The van der Waals surface area contributed by atoms with Gasteiger partial charge in [0.1, 0.15) is 11.8 Å². The number of hydrogen-bond donors (Lipinski definition) is 2. The molecular weight excluding hydrogens is 225 g/mol. The standard InChI is InChI=1S/C11H12FN3O2/c1-17-11-3-2-7(4-8(11)12)5-10(16)9-6-13-15-14-9/h2-4,6,10,16H,5H2,1H3,(H,13,14,15). The Bertz CT molecular complexity index is 487. The van der Waals surface area contributed by atoms with Crippen molar-refractivity contribution in [3.05, 3.63) is 41.5 Å².